The molecule has 0 radical (unpaired) electrons. The Hall–Kier alpha value is 0.604. The molecular weight excluding hydrogens is 372 g/mol. The average molecular weight is 405 g/mol. The fraction of sp³-hybridized carbons (Fsp3) is 1.00. The van der Waals surface area contributed by atoms with Crippen LogP contribution < -0.4 is 0 Å². The van der Waals surface area contributed by atoms with Crippen LogP contribution in [0.5, 0.6) is 0 Å². The molecule has 0 heterocycles. The molecule has 0 bridgehead atoms. The summed E-state index contributed by atoms with van der Waals surface area (Å²) in [7, 11) is -0.0418. The SMILES string of the molecule is CO[SiH](OC)C(C)CCC(CCC(C)[SiH](OC)OC)S(=O)(O)=S. The van der Waals surface area contributed by atoms with E-state index in [4.69, 9.17) is 28.9 Å². The van der Waals surface area contributed by atoms with Crippen LogP contribution in [0, 0.1) is 0 Å². The van der Waals surface area contributed by atoms with Gasteiger partial charge in [0.1, 0.15) is 8.77 Å². The predicted molar refractivity (Wildman–Crippen MR) is 102 cm³/mol. The van der Waals surface area contributed by atoms with Crippen LogP contribution in [0.15, 0.2) is 0 Å². The highest BCUT2D eigenvalue weighted by Gasteiger charge is 2.27. The van der Waals surface area contributed by atoms with E-state index in [9.17, 15) is 8.76 Å². The highest BCUT2D eigenvalue weighted by atomic mass is 32.8. The average Bonchev–Trinajstić information content (AvgIpc) is 2.48. The Morgan fingerprint density at radius 1 is 0.870 bits per heavy atom. The van der Waals surface area contributed by atoms with E-state index in [2.05, 4.69) is 13.8 Å². The van der Waals surface area contributed by atoms with Gasteiger partial charge < -0.3 is 22.3 Å². The highest BCUT2D eigenvalue weighted by Crippen LogP contribution is 2.26. The van der Waals surface area contributed by atoms with Gasteiger partial charge in [0, 0.05) is 39.6 Å². The molecule has 0 aromatic heterocycles. The molecule has 0 aliphatic carbocycles. The molecule has 0 amide bonds. The number of hydrogen-bond acceptors (Lipinski definition) is 6. The zero-order valence-electron chi connectivity index (χ0n) is 15.0. The molecule has 140 valence electrons. The zero-order valence-corrected chi connectivity index (χ0v) is 19.0. The number of hydrogen-bond donors (Lipinski definition) is 1. The van der Waals surface area contributed by atoms with Crippen molar-refractivity contribution in [3.05, 3.63) is 0 Å². The molecule has 23 heavy (non-hydrogen) atoms. The third kappa shape index (κ3) is 9.03. The van der Waals surface area contributed by atoms with Crippen molar-refractivity contribution >= 4 is 38.5 Å². The van der Waals surface area contributed by atoms with Gasteiger partial charge in [0.2, 0.25) is 0 Å². The molecule has 0 spiro atoms. The van der Waals surface area contributed by atoms with Crippen LogP contribution in [0.1, 0.15) is 39.5 Å². The Balaban J connectivity index is 4.61. The lowest BCUT2D eigenvalue weighted by Crippen LogP contribution is -2.28. The first-order valence-corrected chi connectivity index (χ1v) is 13.5. The van der Waals surface area contributed by atoms with E-state index in [0.717, 1.165) is 12.8 Å². The highest BCUT2D eigenvalue weighted by molar-refractivity contribution is 8.30. The summed E-state index contributed by atoms with van der Waals surface area (Å²) in [6.07, 6.45) is 2.77. The van der Waals surface area contributed by atoms with Gasteiger partial charge in [-0.25, -0.2) is 4.21 Å². The van der Waals surface area contributed by atoms with E-state index in [1.54, 1.807) is 28.4 Å². The molecule has 0 saturated carbocycles. The smallest absolute Gasteiger partial charge is 0.323 e. The molecule has 6 nitrogen and oxygen atoms in total. The lowest BCUT2D eigenvalue weighted by atomic mass is 10.1. The molecule has 3 unspecified atom stereocenters. The lowest BCUT2D eigenvalue weighted by Gasteiger charge is -2.24. The Morgan fingerprint density at radius 3 is 1.39 bits per heavy atom. The van der Waals surface area contributed by atoms with Gasteiger partial charge in [0.05, 0.1) is 5.25 Å². The second kappa shape index (κ2) is 12.0. The minimum Gasteiger partial charge on any atom is -0.400 e. The molecular formula is C13H32O6S2Si2. The largest absolute Gasteiger partial charge is 0.400 e. The van der Waals surface area contributed by atoms with Gasteiger partial charge >= 0.3 is 18.6 Å². The minimum atomic E-state index is -3.23. The summed E-state index contributed by atoms with van der Waals surface area (Å²) in [5.74, 6) is 0. The maximum Gasteiger partial charge on any atom is 0.323 e. The van der Waals surface area contributed by atoms with Crippen molar-refractivity contribution < 1.29 is 26.5 Å². The summed E-state index contributed by atoms with van der Waals surface area (Å²) in [5, 5.41) is -0.394. The first kappa shape index (κ1) is 23.6. The van der Waals surface area contributed by atoms with E-state index >= 15 is 0 Å². The second-order valence-electron chi connectivity index (χ2n) is 5.93. The third-order valence-electron chi connectivity index (χ3n) is 4.17. The molecule has 0 fully saturated rings. The Labute approximate surface area is 149 Å². The van der Waals surface area contributed by atoms with Gasteiger partial charge in [-0.1, -0.05) is 13.8 Å². The molecule has 0 rings (SSSR count). The van der Waals surface area contributed by atoms with Crippen molar-refractivity contribution in [1.82, 2.24) is 0 Å². The fourth-order valence-corrected chi connectivity index (χ4v) is 7.35. The van der Waals surface area contributed by atoms with Gasteiger partial charge in [-0.15, -0.1) is 0 Å². The van der Waals surface area contributed by atoms with Gasteiger partial charge in [-0.05, 0) is 36.8 Å². The van der Waals surface area contributed by atoms with Crippen LogP contribution in [0.4, 0.5) is 0 Å². The van der Waals surface area contributed by atoms with Gasteiger partial charge in [0.15, 0.2) is 0 Å². The Bertz CT molecular complexity index is 379. The zero-order chi connectivity index (χ0) is 18.0. The summed E-state index contributed by atoms with van der Waals surface area (Å²) < 4.78 is 43.3. The van der Waals surface area contributed by atoms with Crippen molar-refractivity contribution in [2.45, 2.75) is 55.9 Å². The molecule has 0 aliphatic rings. The molecule has 0 aromatic carbocycles. The van der Waals surface area contributed by atoms with Crippen LogP contribution in [-0.2, 0) is 37.7 Å². The topological polar surface area (TPSA) is 74.2 Å². The summed E-state index contributed by atoms with van der Waals surface area (Å²) in [6.45, 7) is 4.12. The minimum absolute atomic E-state index is 0.266. The van der Waals surface area contributed by atoms with Gasteiger partial charge in [-0.2, -0.15) is 0 Å². The third-order valence-corrected chi connectivity index (χ3v) is 10.7. The van der Waals surface area contributed by atoms with Crippen molar-refractivity contribution in [2.75, 3.05) is 28.4 Å². The maximum atomic E-state index is 12.0. The van der Waals surface area contributed by atoms with Crippen molar-refractivity contribution in [3.63, 3.8) is 0 Å². The molecule has 0 aliphatic heterocycles. The molecule has 0 saturated heterocycles. The van der Waals surface area contributed by atoms with E-state index in [-0.39, 0.29) is 11.1 Å². The Kier molecular flexibility index (Phi) is 12.4. The first-order valence-electron chi connectivity index (χ1n) is 7.78. The van der Waals surface area contributed by atoms with Crippen LogP contribution in [0.3, 0.4) is 0 Å². The van der Waals surface area contributed by atoms with E-state index in [0.29, 0.717) is 12.8 Å². The van der Waals surface area contributed by atoms with Crippen LogP contribution >= 0.6 is 0 Å². The molecule has 3 atom stereocenters. The first-order chi connectivity index (χ1) is 10.7. The lowest BCUT2D eigenvalue weighted by molar-refractivity contribution is 0.262. The van der Waals surface area contributed by atoms with E-state index in [1.165, 1.54) is 0 Å². The van der Waals surface area contributed by atoms with Gasteiger partial charge in [-0.3, -0.25) is 0 Å². The number of rotatable bonds is 13. The quantitative estimate of drug-likeness (QED) is 0.470. The molecule has 0 aromatic rings. The van der Waals surface area contributed by atoms with Crippen molar-refractivity contribution in [3.8, 4) is 0 Å². The fourth-order valence-electron chi connectivity index (χ4n) is 2.73. The normalized spacial score (nSPS) is 18.8. The van der Waals surface area contributed by atoms with Crippen molar-refractivity contribution in [2.24, 2.45) is 0 Å². The van der Waals surface area contributed by atoms with Crippen LogP contribution in [0.2, 0.25) is 11.1 Å². The summed E-state index contributed by atoms with van der Waals surface area (Å²) in [6, 6.07) is 0. The monoisotopic (exact) mass is 404 g/mol. The molecule has 10 heteroatoms. The van der Waals surface area contributed by atoms with Crippen LogP contribution in [0.25, 0.3) is 0 Å². The second-order valence-corrected chi connectivity index (χ2v) is 14.7. The van der Waals surface area contributed by atoms with Crippen LogP contribution in [-0.4, -0.2) is 61.0 Å². The predicted octanol–water partition coefficient (Wildman–Crippen LogP) is 1.94. The molecule has 1 N–H and O–H groups in total. The van der Waals surface area contributed by atoms with Crippen molar-refractivity contribution in [1.29, 1.82) is 0 Å². The maximum absolute atomic E-state index is 12.0. The summed E-state index contributed by atoms with van der Waals surface area (Å²) in [5.41, 5.74) is 0.531. The standard InChI is InChI=1S/C13H32O6S2Si2/c1-11(22(16-3)17-4)7-9-13(21(14,15)20)10-8-12(2)23(18-5)19-6/h11-13,22-23H,7-10H2,1-6H3,(H,14,15,20). The van der Waals surface area contributed by atoms with E-state index in [1.807, 2.05) is 0 Å². The van der Waals surface area contributed by atoms with E-state index < -0.39 is 32.6 Å². The Morgan fingerprint density at radius 2 is 1.17 bits per heavy atom. The summed E-state index contributed by atoms with van der Waals surface area (Å²) >= 11 is 4.84. The summed E-state index contributed by atoms with van der Waals surface area (Å²) in [4.78, 5) is 0. The van der Waals surface area contributed by atoms with Gasteiger partial charge in [0.25, 0.3) is 0 Å².